The summed E-state index contributed by atoms with van der Waals surface area (Å²) < 4.78 is 12.8. The first kappa shape index (κ1) is 13.6. The van der Waals surface area contributed by atoms with Gasteiger partial charge in [0.2, 0.25) is 5.95 Å². The first-order chi connectivity index (χ1) is 7.83. The summed E-state index contributed by atoms with van der Waals surface area (Å²) in [5.41, 5.74) is -0.0669. The van der Waals surface area contributed by atoms with Crippen LogP contribution in [0.1, 0.15) is 24.3 Å². The van der Waals surface area contributed by atoms with Gasteiger partial charge in [-0.05, 0) is 40.1 Å². The van der Waals surface area contributed by atoms with Gasteiger partial charge in [-0.15, -0.1) is 0 Å². The molecule has 0 saturated carbocycles. The summed E-state index contributed by atoms with van der Waals surface area (Å²) in [6.07, 6.45) is 0. The summed E-state index contributed by atoms with van der Waals surface area (Å²) in [4.78, 5) is 17.2. The molecule has 0 atom stereocenters. The third kappa shape index (κ3) is 3.78. The number of likely N-dealkylation sites (N-methyl/N-ethyl adjacent to an activating group) is 1. The van der Waals surface area contributed by atoms with Crippen LogP contribution in [0.25, 0.3) is 0 Å². The molecular formula is C12H18FN3O. The number of halogens is 1. The van der Waals surface area contributed by atoms with Gasteiger partial charge in [0.25, 0.3) is 5.91 Å². The fourth-order valence-electron chi connectivity index (χ4n) is 1.08. The summed E-state index contributed by atoms with van der Waals surface area (Å²) in [6.45, 7) is 4.48. The number of nitrogens with one attached hydrogen (secondary N) is 1. The predicted octanol–water partition coefficient (Wildman–Crippen LogP) is 1.29. The molecule has 1 rings (SSSR count). The van der Waals surface area contributed by atoms with Crippen molar-refractivity contribution in [2.75, 3.05) is 20.6 Å². The van der Waals surface area contributed by atoms with Crippen LogP contribution in [0, 0.1) is 5.95 Å². The first-order valence-electron chi connectivity index (χ1n) is 5.41. The summed E-state index contributed by atoms with van der Waals surface area (Å²) in [5, 5.41) is 2.74. The third-order valence-electron chi connectivity index (χ3n) is 2.84. The minimum Gasteiger partial charge on any atom is -0.349 e. The molecular weight excluding hydrogens is 221 g/mol. The van der Waals surface area contributed by atoms with Gasteiger partial charge in [-0.25, -0.2) is 4.98 Å². The Bertz CT molecular complexity index is 404. The van der Waals surface area contributed by atoms with Gasteiger partial charge in [0.15, 0.2) is 0 Å². The van der Waals surface area contributed by atoms with Crippen LogP contribution in [0.3, 0.4) is 0 Å². The van der Waals surface area contributed by atoms with E-state index in [1.54, 1.807) is 0 Å². The maximum absolute atomic E-state index is 12.8. The van der Waals surface area contributed by atoms with Gasteiger partial charge in [-0.1, -0.05) is 6.07 Å². The van der Waals surface area contributed by atoms with Crippen LogP contribution in [0.2, 0.25) is 0 Å². The van der Waals surface area contributed by atoms with Gasteiger partial charge < -0.3 is 10.2 Å². The highest BCUT2D eigenvalue weighted by Crippen LogP contribution is 2.08. The minimum absolute atomic E-state index is 0.0968. The van der Waals surface area contributed by atoms with Crippen LogP contribution < -0.4 is 5.32 Å². The highest BCUT2D eigenvalue weighted by Gasteiger charge is 2.21. The van der Waals surface area contributed by atoms with Crippen LogP contribution in [-0.2, 0) is 0 Å². The molecule has 0 aromatic carbocycles. The van der Waals surface area contributed by atoms with Crippen molar-refractivity contribution in [2.45, 2.75) is 19.4 Å². The molecule has 0 spiro atoms. The Morgan fingerprint density at radius 2 is 2.12 bits per heavy atom. The highest BCUT2D eigenvalue weighted by molar-refractivity contribution is 5.92. The Hall–Kier alpha value is -1.49. The van der Waals surface area contributed by atoms with E-state index < -0.39 is 5.95 Å². The lowest BCUT2D eigenvalue weighted by atomic mass is 10.0. The highest BCUT2D eigenvalue weighted by atomic mass is 19.1. The molecule has 1 aromatic rings. The lowest BCUT2D eigenvalue weighted by molar-refractivity contribution is 0.0913. The van der Waals surface area contributed by atoms with Crippen LogP contribution in [0.4, 0.5) is 4.39 Å². The van der Waals surface area contributed by atoms with Gasteiger partial charge in [0, 0.05) is 12.1 Å². The van der Waals surface area contributed by atoms with Gasteiger partial charge in [-0.3, -0.25) is 4.79 Å². The van der Waals surface area contributed by atoms with E-state index in [1.807, 2.05) is 32.8 Å². The number of hydrogen-bond donors (Lipinski definition) is 1. The molecule has 0 aliphatic heterocycles. The molecule has 4 nitrogen and oxygen atoms in total. The molecule has 0 aliphatic carbocycles. The van der Waals surface area contributed by atoms with Crippen molar-refractivity contribution in [2.24, 2.45) is 0 Å². The van der Waals surface area contributed by atoms with Crippen molar-refractivity contribution >= 4 is 5.91 Å². The van der Waals surface area contributed by atoms with Crippen LogP contribution >= 0.6 is 0 Å². The van der Waals surface area contributed by atoms with Crippen molar-refractivity contribution in [3.63, 3.8) is 0 Å². The largest absolute Gasteiger partial charge is 0.349 e. The summed E-state index contributed by atoms with van der Waals surface area (Å²) in [7, 11) is 3.87. The zero-order chi connectivity index (χ0) is 13.1. The maximum atomic E-state index is 12.8. The number of nitrogens with zero attached hydrogens (tertiary/aromatic N) is 2. The number of carbonyl (C=O) groups is 1. The van der Waals surface area contributed by atoms with Crippen LogP contribution in [0.15, 0.2) is 18.2 Å². The Labute approximate surface area is 101 Å². The minimum atomic E-state index is -0.649. The zero-order valence-electron chi connectivity index (χ0n) is 10.6. The van der Waals surface area contributed by atoms with E-state index in [1.165, 1.54) is 18.2 Å². The second-order valence-electron chi connectivity index (χ2n) is 4.74. The maximum Gasteiger partial charge on any atom is 0.270 e. The van der Waals surface area contributed by atoms with Crippen molar-refractivity contribution in [1.82, 2.24) is 15.2 Å². The Balaban J connectivity index is 2.62. The topological polar surface area (TPSA) is 45.2 Å². The SMILES string of the molecule is CN(C)C(C)(C)CNC(=O)c1cccc(F)n1. The van der Waals surface area contributed by atoms with Gasteiger partial charge in [0.1, 0.15) is 5.69 Å². The number of amides is 1. The molecule has 94 valence electrons. The van der Waals surface area contributed by atoms with E-state index in [-0.39, 0.29) is 17.1 Å². The van der Waals surface area contributed by atoms with E-state index in [0.717, 1.165) is 0 Å². The standard InChI is InChI=1S/C12H18FN3O/c1-12(2,16(3)4)8-14-11(17)9-6-5-7-10(13)15-9/h5-7H,8H2,1-4H3,(H,14,17). The fraction of sp³-hybridized carbons (Fsp3) is 0.500. The second kappa shape index (κ2) is 5.23. The van der Waals surface area contributed by atoms with E-state index in [4.69, 9.17) is 0 Å². The molecule has 0 radical (unpaired) electrons. The van der Waals surface area contributed by atoms with Crippen LogP contribution in [-0.4, -0.2) is 42.0 Å². The number of rotatable bonds is 4. The molecule has 1 N–H and O–H groups in total. The van der Waals surface area contributed by atoms with Gasteiger partial charge in [-0.2, -0.15) is 4.39 Å². The van der Waals surface area contributed by atoms with Crippen LogP contribution in [0.5, 0.6) is 0 Å². The monoisotopic (exact) mass is 239 g/mol. The van der Waals surface area contributed by atoms with E-state index in [0.29, 0.717) is 6.54 Å². The molecule has 0 bridgehead atoms. The zero-order valence-corrected chi connectivity index (χ0v) is 10.6. The lowest BCUT2D eigenvalue weighted by Crippen LogP contribution is -2.48. The first-order valence-corrected chi connectivity index (χ1v) is 5.41. The molecule has 0 aliphatic rings. The molecule has 0 unspecified atom stereocenters. The van der Waals surface area contributed by atoms with Crippen molar-refractivity contribution in [1.29, 1.82) is 0 Å². The van der Waals surface area contributed by atoms with E-state index in [2.05, 4.69) is 10.3 Å². The van der Waals surface area contributed by atoms with Gasteiger partial charge >= 0.3 is 0 Å². The fourth-order valence-corrected chi connectivity index (χ4v) is 1.08. The van der Waals surface area contributed by atoms with Gasteiger partial charge in [0.05, 0.1) is 0 Å². The third-order valence-corrected chi connectivity index (χ3v) is 2.84. The average Bonchev–Trinajstić information content (AvgIpc) is 2.25. The van der Waals surface area contributed by atoms with Crippen molar-refractivity contribution in [3.8, 4) is 0 Å². The second-order valence-corrected chi connectivity index (χ2v) is 4.74. The Morgan fingerprint density at radius 3 is 2.65 bits per heavy atom. The molecule has 5 heteroatoms. The number of aromatic nitrogens is 1. The number of hydrogen-bond acceptors (Lipinski definition) is 3. The normalized spacial score (nSPS) is 11.6. The lowest BCUT2D eigenvalue weighted by Gasteiger charge is -2.32. The molecule has 1 amide bonds. The summed E-state index contributed by atoms with van der Waals surface area (Å²) >= 11 is 0. The molecule has 1 aromatic heterocycles. The summed E-state index contributed by atoms with van der Waals surface area (Å²) in [5.74, 6) is -1.01. The molecule has 17 heavy (non-hydrogen) atoms. The number of carbonyl (C=O) groups excluding carboxylic acids is 1. The van der Waals surface area contributed by atoms with E-state index >= 15 is 0 Å². The Kier molecular flexibility index (Phi) is 4.17. The molecule has 0 saturated heterocycles. The predicted molar refractivity (Wildman–Crippen MR) is 64.3 cm³/mol. The average molecular weight is 239 g/mol. The summed E-state index contributed by atoms with van der Waals surface area (Å²) in [6, 6.07) is 4.16. The van der Waals surface area contributed by atoms with E-state index in [9.17, 15) is 9.18 Å². The van der Waals surface area contributed by atoms with Crippen molar-refractivity contribution < 1.29 is 9.18 Å². The Morgan fingerprint density at radius 1 is 1.47 bits per heavy atom. The quantitative estimate of drug-likeness (QED) is 0.805. The molecule has 0 fully saturated rings. The molecule has 1 heterocycles. The smallest absolute Gasteiger partial charge is 0.270 e. The van der Waals surface area contributed by atoms with Crippen molar-refractivity contribution in [3.05, 3.63) is 29.8 Å². The number of pyridine rings is 1.